The van der Waals surface area contributed by atoms with Crippen molar-refractivity contribution < 1.29 is 23.2 Å². The molecule has 0 aliphatic heterocycles. The predicted molar refractivity (Wildman–Crippen MR) is 214 cm³/mol. The van der Waals surface area contributed by atoms with Crippen LogP contribution in [0.4, 0.5) is 11.4 Å². The first-order chi connectivity index (χ1) is 26.1. The van der Waals surface area contributed by atoms with E-state index < -0.39 is 8.25 Å². The van der Waals surface area contributed by atoms with Crippen molar-refractivity contribution in [3.8, 4) is 22.5 Å². The molecule has 0 aliphatic carbocycles. The van der Waals surface area contributed by atoms with Gasteiger partial charge in [0.2, 0.25) is 11.8 Å². The average molecular weight is 782 g/mol. The lowest BCUT2D eigenvalue weighted by atomic mass is 10.1. The summed E-state index contributed by atoms with van der Waals surface area (Å²) in [5.41, 5.74) is 7.69. The summed E-state index contributed by atoms with van der Waals surface area (Å²) in [6, 6.07) is 28.9. The van der Waals surface area contributed by atoms with Crippen LogP contribution in [-0.2, 0) is 50.5 Å². The number of aromatic nitrogens is 4. The number of anilines is 2. The van der Waals surface area contributed by atoms with Crippen LogP contribution in [0.2, 0.25) is 10.0 Å². The summed E-state index contributed by atoms with van der Waals surface area (Å²) < 4.78 is 26.8. The highest BCUT2D eigenvalue weighted by molar-refractivity contribution is 7.33. The number of benzene rings is 4. The van der Waals surface area contributed by atoms with Crippen LogP contribution in [0.15, 0.2) is 122 Å². The molecule has 54 heavy (non-hydrogen) atoms. The van der Waals surface area contributed by atoms with E-state index in [0.29, 0.717) is 21.4 Å². The summed E-state index contributed by atoms with van der Waals surface area (Å²) in [7, 11) is 0.864. The van der Waals surface area contributed by atoms with Crippen molar-refractivity contribution in [2.24, 2.45) is 14.1 Å². The maximum Gasteiger partial charge on any atom is 0.319 e. The third kappa shape index (κ3) is 10.3. The lowest BCUT2D eigenvalue weighted by molar-refractivity contribution is -0.112. The second-order valence-corrected chi connectivity index (χ2v) is 14.0. The quantitative estimate of drug-likeness (QED) is 0.0833. The first-order valence-electron chi connectivity index (χ1n) is 16.6. The van der Waals surface area contributed by atoms with E-state index in [1.54, 1.807) is 94.6 Å². The zero-order chi connectivity index (χ0) is 38.0. The number of aryl methyl sites for hydroxylation is 2. The Morgan fingerprint density at radius 2 is 1.07 bits per heavy atom. The Kier molecular flexibility index (Phi) is 12.7. The third-order valence-electron chi connectivity index (χ3n) is 8.12. The van der Waals surface area contributed by atoms with Gasteiger partial charge < -0.3 is 19.7 Å². The van der Waals surface area contributed by atoms with E-state index in [1.165, 1.54) is 12.2 Å². The van der Waals surface area contributed by atoms with Crippen molar-refractivity contribution in [3.63, 3.8) is 0 Å². The molecule has 0 atom stereocenters. The van der Waals surface area contributed by atoms with Crippen LogP contribution in [-0.4, -0.2) is 31.4 Å². The third-order valence-corrected chi connectivity index (χ3v) is 9.35. The number of hydrogen-bond donors (Lipinski definition) is 2. The van der Waals surface area contributed by atoms with Crippen LogP contribution in [0.3, 0.4) is 0 Å². The average Bonchev–Trinajstić information content (AvgIpc) is 3.73. The number of halogens is 2. The number of amides is 2. The maximum atomic E-state index is 12.6. The van der Waals surface area contributed by atoms with Gasteiger partial charge in [-0.15, -0.1) is 0 Å². The lowest BCUT2D eigenvalue weighted by Crippen LogP contribution is -2.07. The first-order valence-corrected chi connectivity index (χ1v) is 18.6. The fourth-order valence-electron chi connectivity index (χ4n) is 5.53. The molecule has 0 saturated carbocycles. The maximum absolute atomic E-state index is 12.6. The summed E-state index contributed by atoms with van der Waals surface area (Å²) in [6.07, 6.45) is 9.66. The van der Waals surface area contributed by atoms with E-state index >= 15 is 0 Å². The van der Waals surface area contributed by atoms with E-state index in [9.17, 15) is 14.2 Å². The second-order valence-electron chi connectivity index (χ2n) is 12.0. The molecule has 2 N–H and O–H groups in total. The molecule has 6 rings (SSSR count). The van der Waals surface area contributed by atoms with Crippen LogP contribution >= 0.6 is 31.5 Å². The zero-order valence-electron chi connectivity index (χ0n) is 29.2. The highest BCUT2D eigenvalue weighted by Crippen LogP contribution is 2.30. The van der Waals surface area contributed by atoms with Crippen molar-refractivity contribution in [3.05, 3.63) is 154 Å². The monoisotopic (exact) mass is 780 g/mol. The molecule has 0 aliphatic rings. The molecule has 0 unspecified atom stereocenters. The van der Waals surface area contributed by atoms with Gasteiger partial charge in [0.05, 0.1) is 37.0 Å². The summed E-state index contributed by atoms with van der Waals surface area (Å²) in [4.78, 5) is 25.3. The van der Waals surface area contributed by atoms with Gasteiger partial charge in [-0.1, -0.05) is 71.7 Å². The van der Waals surface area contributed by atoms with Gasteiger partial charge in [-0.25, -0.2) is 0 Å². The molecule has 2 heterocycles. The van der Waals surface area contributed by atoms with E-state index in [2.05, 4.69) is 20.8 Å². The van der Waals surface area contributed by atoms with E-state index in [1.807, 2.05) is 50.5 Å². The largest absolute Gasteiger partial charge is 0.323 e. The molecule has 2 amide bonds. The molecule has 0 spiro atoms. The number of rotatable bonds is 14. The molecule has 11 nitrogen and oxygen atoms in total. The van der Waals surface area contributed by atoms with Crippen molar-refractivity contribution in [2.75, 3.05) is 10.6 Å². The summed E-state index contributed by atoms with van der Waals surface area (Å²) in [5.74, 6) is -0.620. The Morgan fingerprint density at radius 3 is 1.46 bits per heavy atom. The number of nitrogens with zero attached hydrogens (tertiary/aromatic N) is 4. The first kappa shape index (κ1) is 38.2. The zero-order valence-corrected chi connectivity index (χ0v) is 31.7. The minimum absolute atomic E-state index is 0.0668. The van der Waals surface area contributed by atoms with Gasteiger partial charge in [0, 0.05) is 69.9 Å². The number of hydrogen-bond acceptors (Lipinski definition) is 7. The van der Waals surface area contributed by atoms with Gasteiger partial charge >= 0.3 is 8.25 Å². The van der Waals surface area contributed by atoms with Gasteiger partial charge in [0.15, 0.2) is 0 Å². The number of carbonyl (C=O) groups is 2. The van der Waals surface area contributed by atoms with Gasteiger partial charge in [-0.3, -0.25) is 23.5 Å². The molecule has 274 valence electrons. The van der Waals surface area contributed by atoms with Gasteiger partial charge in [0.1, 0.15) is 0 Å². The number of nitrogens with one attached hydrogen (secondary N) is 2. The Labute approximate surface area is 322 Å². The van der Waals surface area contributed by atoms with Crippen LogP contribution < -0.4 is 10.6 Å². The topological polar surface area (TPSA) is 129 Å². The van der Waals surface area contributed by atoms with Crippen LogP contribution in [0, 0.1) is 0 Å². The molecular formula is C40H35Cl2N6O5P. The lowest BCUT2D eigenvalue weighted by Gasteiger charge is -2.08. The van der Waals surface area contributed by atoms with Gasteiger partial charge in [-0.2, -0.15) is 10.2 Å². The Balaban J connectivity index is 0.925. The molecule has 0 bridgehead atoms. The van der Waals surface area contributed by atoms with E-state index in [4.69, 9.17) is 32.2 Å². The van der Waals surface area contributed by atoms with Crippen LogP contribution in [0.1, 0.15) is 22.3 Å². The fraction of sp³-hybridized carbons (Fsp3) is 0.100. The second kappa shape index (κ2) is 18.0. The Hall–Kier alpha value is -5.55. The molecule has 6 aromatic rings. The standard InChI is InChI=1S/C40H35Cl2N6O5P/c1-47-39(29-5-3-7-33(41)21-29)31(23-43-47)13-19-37(49)45-35-15-9-27(10-16-35)25-52-54(51)53-26-28-11-17-36(18-12-28)46-38(50)20-14-32-24-44-48(2)40(32)30-6-4-8-34(42)22-30/h3-24,54H,25-26H2,1-2H3,(H,45,49)(H,46,50)/b19-13+,20-14+. The minimum Gasteiger partial charge on any atom is -0.323 e. The smallest absolute Gasteiger partial charge is 0.319 e. The van der Waals surface area contributed by atoms with Crippen LogP contribution in [0.5, 0.6) is 0 Å². The van der Waals surface area contributed by atoms with Crippen LogP contribution in [0.25, 0.3) is 34.7 Å². The van der Waals surface area contributed by atoms with Crippen molar-refractivity contribution in [1.29, 1.82) is 0 Å². The van der Waals surface area contributed by atoms with E-state index in [-0.39, 0.29) is 25.0 Å². The molecule has 2 aromatic heterocycles. The number of carbonyl (C=O) groups excluding carboxylic acids is 2. The Bertz CT molecular complexity index is 2190. The Morgan fingerprint density at radius 1 is 0.667 bits per heavy atom. The summed E-state index contributed by atoms with van der Waals surface area (Å²) >= 11 is 12.3. The molecule has 4 aromatic carbocycles. The van der Waals surface area contributed by atoms with Crippen molar-refractivity contribution in [2.45, 2.75) is 13.2 Å². The molecule has 0 saturated heterocycles. The summed E-state index contributed by atoms with van der Waals surface area (Å²) in [5, 5.41) is 15.5. The van der Waals surface area contributed by atoms with Gasteiger partial charge in [0.25, 0.3) is 0 Å². The molecule has 0 fully saturated rings. The normalized spacial score (nSPS) is 11.5. The van der Waals surface area contributed by atoms with E-state index in [0.717, 1.165) is 44.8 Å². The SMILES string of the molecule is Cn1ncc(/C=C/C(=O)Nc2ccc(CO[PH](=O)OCc3ccc(NC(=O)/C=C/c4cnn(C)c4-c4cccc(Cl)c4)cc3)cc2)c1-c1cccc(Cl)c1. The fourth-order valence-corrected chi connectivity index (χ4v) is 6.56. The highest BCUT2D eigenvalue weighted by Gasteiger charge is 2.12. The van der Waals surface area contributed by atoms with Crippen molar-refractivity contribution >= 4 is 66.8 Å². The van der Waals surface area contributed by atoms with Crippen molar-refractivity contribution in [1.82, 2.24) is 19.6 Å². The summed E-state index contributed by atoms with van der Waals surface area (Å²) in [6.45, 7) is 0.134. The predicted octanol–water partition coefficient (Wildman–Crippen LogP) is 9.22. The molecular weight excluding hydrogens is 746 g/mol. The minimum atomic E-state index is -2.79. The van der Waals surface area contributed by atoms with Gasteiger partial charge in [-0.05, 0) is 71.8 Å². The highest BCUT2D eigenvalue weighted by atomic mass is 35.5. The molecule has 0 radical (unpaired) electrons. The molecule has 14 heteroatoms.